The number of aromatic nitrogens is 3. The minimum atomic E-state index is -0.0280. The van der Waals surface area contributed by atoms with Crippen molar-refractivity contribution in [1.82, 2.24) is 19.7 Å². The maximum atomic E-state index is 11.5. The summed E-state index contributed by atoms with van der Waals surface area (Å²) in [5.41, 5.74) is -0.0280. The highest BCUT2D eigenvalue weighted by molar-refractivity contribution is 4.65. The van der Waals surface area contributed by atoms with Gasteiger partial charge < -0.3 is 5.32 Å². The van der Waals surface area contributed by atoms with Crippen LogP contribution in [-0.2, 0) is 13.6 Å². The minimum absolute atomic E-state index is 0.0280. The first kappa shape index (κ1) is 13.0. The van der Waals surface area contributed by atoms with E-state index in [1.807, 2.05) is 0 Å². The van der Waals surface area contributed by atoms with E-state index in [2.05, 4.69) is 24.3 Å². The Kier molecular flexibility index (Phi) is 5.25. The number of rotatable bonds is 7. The maximum Gasteiger partial charge on any atom is 0.345 e. The topological polar surface area (TPSA) is 51.9 Å². The average Bonchev–Trinajstić information content (AvgIpc) is 2.56. The van der Waals surface area contributed by atoms with Crippen LogP contribution in [0.15, 0.2) is 11.1 Å². The van der Waals surface area contributed by atoms with E-state index in [1.165, 1.54) is 9.25 Å². The quantitative estimate of drug-likeness (QED) is 0.698. The Morgan fingerprint density at radius 1 is 1.50 bits per heavy atom. The molecule has 1 unspecified atom stereocenters. The number of nitrogens with zero attached hydrogens (tertiary/aromatic N) is 3. The van der Waals surface area contributed by atoms with Gasteiger partial charge >= 0.3 is 5.69 Å². The predicted molar refractivity (Wildman–Crippen MR) is 64.5 cm³/mol. The van der Waals surface area contributed by atoms with Gasteiger partial charge in [-0.05, 0) is 26.3 Å². The Morgan fingerprint density at radius 2 is 2.25 bits per heavy atom. The summed E-state index contributed by atoms with van der Waals surface area (Å²) in [5.74, 6) is 0. The largest absolute Gasteiger partial charge is 0.345 e. The van der Waals surface area contributed by atoms with Crippen molar-refractivity contribution in [2.45, 2.75) is 45.7 Å². The first-order chi connectivity index (χ1) is 7.65. The van der Waals surface area contributed by atoms with Gasteiger partial charge in [-0.2, -0.15) is 5.10 Å². The van der Waals surface area contributed by atoms with E-state index >= 15 is 0 Å². The smallest absolute Gasteiger partial charge is 0.315 e. The third kappa shape index (κ3) is 3.81. The molecule has 1 atom stereocenters. The molecule has 0 bridgehead atoms. The lowest BCUT2D eigenvalue weighted by atomic mass is 10.1. The van der Waals surface area contributed by atoms with E-state index in [9.17, 15) is 4.79 Å². The molecule has 1 N–H and O–H groups in total. The predicted octanol–water partition coefficient (Wildman–Crippen LogP) is 0.750. The van der Waals surface area contributed by atoms with Crippen molar-refractivity contribution in [2.75, 3.05) is 6.54 Å². The fourth-order valence-corrected chi connectivity index (χ4v) is 1.74. The maximum absolute atomic E-state index is 11.5. The average molecular weight is 226 g/mol. The molecular formula is C11H22N4O. The van der Waals surface area contributed by atoms with Gasteiger partial charge in [-0.15, -0.1) is 0 Å². The Labute approximate surface area is 96.5 Å². The zero-order chi connectivity index (χ0) is 12.0. The summed E-state index contributed by atoms with van der Waals surface area (Å²) in [6, 6.07) is 0.561. The summed E-state index contributed by atoms with van der Waals surface area (Å²) in [6.45, 7) is 6.04. The molecule has 0 fully saturated rings. The second-order valence-electron chi connectivity index (χ2n) is 4.20. The van der Waals surface area contributed by atoms with E-state index in [1.54, 1.807) is 13.4 Å². The van der Waals surface area contributed by atoms with Crippen LogP contribution >= 0.6 is 0 Å². The molecule has 0 aromatic carbocycles. The Bertz CT molecular complexity index is 355. The zero-order valence-corrected chi connectivity index (χ0v) is 10.4. The number of unbranched alkanes of at least 4 members (excludes halogenated alkanes) is 1. The summed E-state index contributed by atoms with van der Waals surface area (Å²) in [6.07, 6.45) is 4.84. The van der Waals surface area contributed by atoms with Gasteiger partial charge in [0.05, 0.1) is 0 Å². The van der Waals surface area contributed by atoms with Crippen LogP contribution < -0.4 is 11.0 Å². The highest BCUT2D eigenvalue weighted by atomic mass is 16.2. The first-order valence-electron chi connectivity index (χ1n) is 5.97. The number of hydrogen-bond acceptors (Lipinski definition) is 3. The SMILES string of the molecule is CCNC(C)CCCCn1ncn(C)c1=O. The Morgan fingerprint density at radius 3 is 2.81 bits per heavy atom. The van der Waals surface area contributed by atoms with Crippen molar-refractivity contribution in [3.05, 3.63) is 16.8 Å². The van der Waals surface area contributed by atoms with Crippen LogP contribution in [0.4, 0.5) is 0 Å². The van der Waals surface area contributed by atoms with Crippen LogP contribution in [0.2, 0.25) is 0 Å². The van der Waals surface area contributed by atoms with Crippen molar-refractivity contribution >= 4 is 0 Å². The van der Waals surface area contributed by atoms with Gasteiger partial charge in [0.15, 0.2) is 0 Å². The number of nitrogens with one attached hydrogen (secondary N) is 1. The first-order valence-corrected chi connectivity index (χ1v) is 5.97. The highest BCUT2D eigenvalue weighted by Crippen LogP contribution is 2.01. The van der Waals surface area contributed by atoms with Crippen molar-refractivity contribution in [2.24, 2.45) is 7.05 Å². The molecule has 16 heavy (non-hydrogen) atoms. The molecule has 5 nitrogen and oxygen atoms in total. The summed E-state index contributed by atoms with van der Waals surface area (Å²) in [5, 5.41) is 7.39. The lowest BCUT2D eigenvalue weighted by molar-refractivity contribution is 0.469. The Balaban J connectivity index is 2.21. The van der Waals surface area contributed by atoms with Gasteiger partial charge in [0.2, 0.25) is 0 Å². The minimum Gasteiger partial charge on any atom is -0.315 e. The van der Waals surface area contributed by atoms with Crippen LogP contribution in [0, 0.1) is 0 Å². The Hall–Kier alpha value is -1.10. The summed E-state index contributed by atoms with van der Waals surface area (Å²) >= 11 is 0. The molecule has 0 spiro atoms. The van der Waals surface area contributed by atoms with E-state index in [4.69, 9.17) is 0 Å². The number of hydrogen-bond donors (Lipinski definition) is 1. The molecule has 1 rings (SSSR count). The molecular weight excluding hydrogens is 204 g/mol. The zero-order valence-electron chi connectivity index (χ0n) is 10.4. The van der Waals surface area contributed by atoms with Crippen molar-refractivity contribution < 1.29 is 0 Å². The lowest BCUT2D eigenvalue weighted by Crippen LogP contribution is -2.26. The molecule has 92 valence electrons. The van der Waals surface area contributed by atoms with Crippen molar-refractivity contribution in [3.63, 3.8) is 0 Å². The lowest BCUT2D eigenvalue weighted by Gasteiger charge is -2.11. The van der Waals surface area contributed by atoms with Gasteiger partial charge in [0, 0.05) is 19.6 Å². The third-order valence-electron chi connectivity index (χ3n) is 2.70. The third-order valence-corrected chi connectivity index (χ3v) is 2.70. The van der Waals surface area contributed by atoms with E-state index in [0.717, 1.165) is 32.4 Å². The van der Waals surface area contributed by atoms with Gasteiger partial charge in [-0.25, -0.2) is 9.48 Å². The van der Waals surface area contributed by atoms with Gasteiger partial charge in [0.1, 0.15) is 6.33 Å². The molecule has 1 aromatic rings. The molecule has 5 heteroatoms. The van der Waals surface area contributed by atoms with E-state index in [-0.39, 0.29) is 5.69 Å². The molecule has 0 radical (unpaired) electrons. The second-order valence-corrected chi connectivity index (χ2v) is 4.20. The fraction of sp³-hybridized carbons (Fsp3) is 0.818. The standard InChI is InChI=1S/C11H22N4O/c1-4-12-10(2)7-5-6-8-15-11(16)14(3)9-13-15/h9-10,12H,4-8H2,1-3H3. The summed E-state index contributed by atoms with van der Waals surface area (Å²) in [7, 11) is 1.72. The van der Waals surface area contributed by atoms with E-state index < -0.39 is 0 Å². The normalized spacial score (nSPS) is 12.9. The van der Waals surface area contributed by atoms with Crippen molar-refractivity contribution in [3.8, 4) is 0 Å². The molecule has 0 saturated heterocycles. The van der Waals surface area contributed by atoms with E-state index in [0.29, 0.717) is 6.04 Å². The van der Waals surface area contributed by atoms with Gasteiger partial charge in [-0.1, -0.05) is 13.3 Å². The van der Waals surface area contributed by atoms with Crippen molar-refractivity contribution in [1.29, 1.82) is 0 Å². The number of aryl methyl sites for hydroxylation is 2. The monoisotopic (exact) mass is 226 g/mol. The molecule has 0 amide bonds. The summed E-state index contributed by atoms with van der Waals surface area (Å²) < 4.78 is 3.03. The molecule has 1 heterocycles. The van der Waals surface area contributed by atoms with Crippen LogP contribution in [0.3, 0.4) is 0 Å². The fourth-order valence-electron chi connectivity index (χ4n) is 1.74. The molecule has 0 saturated carbocycles. The van der Waals surface area contributed by atoms with Crippen LogP contribution in [0.1, 0.15) is 33.1 Å². The molecule has 0 aliphatic heterocycles. The van der Waals surface area contributed by atoms with Crippen LogP contribution in [0.5, 0.6) is 0 Å². The van der Waals surface area contributed by atoms with Crippen LogP contribution in [-0.4, -0.2) is 26.9 Å². The molecule has 0 aliphatic carbocycles. The summed E-state index contributed by atoms with van der Waals surface area (Å²) in [4.78, 5) is 11.5. The van der Waals surface area contributed by atoms with Gasteiger partial charge in [0.25, 0.3) is 0 Å². The highest BCUT2D eigenvalue weighted by Gasteiger charge is 2.02. The van der Waals surface area contributed by atoms with Gasteiger partial charge in [-0.3, -0.25) is 4.57 Å². The molecule has 1 aromatic heterocycles. The molecule has 0 aliphatic rings. The van der Waals surface area contributed by atoms with Crippen LogP contribution in [0.25, 0.3) is 0 Å². The second kappa shape index (κ2) is 6.48.